The van der Waals surface area contributed by atoms with Crippen molar-refractivity contribution in [2.45, 2.75) is 6.92 Å². The molecule has 4 heteroatoms. The van der Waals surface area contributed by atoms with E-state index in [9.17, 15) is 0 Å². The summed E-state index contributed by atoms with van der Waals surface area (Å²) in [5.74, 6) is 0.491. The quantitative estimate of drug-likeness (QED) is 0.655. The van der Waals surface area contributed by atoms with Gasteiger partial charge in [0.2, 0.25) is 6.26 Å². The first-order chi connectivity index (χ1) is 6.27. The van der Waals surface area contributed by atoms with E-state index in [2.05, 4.69) is 5.27 Å². The van der Waals surface area contributed by atoms with Crippen molar-refractivity contribution in [3.8, 4) is 5.69 Å². The third kappa shape index (κ3) is 1.38. The molecule has 0 bridgehead atoms. The Balaban J connectivity index is 2.53. The average molecular weight is 176 g/mol. The van der Waals surface area contributed by atoms with E-state index in [1.54, 1.807) is 4.68 Å². The number of hydrogen-bond acceptors (Lipinski definition) is 3. The molecule has 0 aliphatic carbocycles. The summed E-state index contributed by atoms with van der Waals surface area (Å²) in [6.07, 6.45) is 1.41. The van der Waals surface area contributed by atoms with Gasteiger partial charge >= 0.3 is 5.82 Å². The molecule has 1 heterocycles. The van der Waals surface area contributed by atoms with Gasteiger partial charge in [0.15, 0.2) is 5.69 Å². The van der Waals surface area contributed by atoms with Gasteiger partial charge in [0.1, 0.15) is 5.27 Å². The minimum Gasteiger partial charge on any atom is -0.323 e. The first-order valence-electron chi connectivity index (χ1n) is 3.96. The third-order valence-corrected chi connectivity index (χ3v) is 1.79. The van der Waals surface area contributed by atoms with Gasteiger partial charge in [-0.2, -0.15) is 0 Å². The summed E-state index contributed by atoms with van der Waals surface area (Å²) in [6, 6.07) is 7.87. The highest BCUT2D eigenvalue weighted by Crippen LogP contribution is 2.04. The van der Waals surface area contributed by atoms with E-state index in [4.69, 9.17) is 10.3 Å². The highest BCUT2D eigenvalue weighted by atomic mass is 16.5. The highest BCUT2D eigenvalue weighted by molar-refractivity contribution is 5.29. The van der Waals surface area contributed by atoms with Crippen LogP contribution in [0.25, 0.3) is 5.69 Å². The van der Waals surface area contributed by atoms with Gasteiger partial charge in [-0.25, -0.2) is 0 Å². The van der Waals surface area contributed by atoms with Crippen molar-refractivity contribution < 1.29 is 9.20 Å². The number of hydrogen-bond donors (Lipinski definition) is 1. The molecule has 2 aromatic rings. The molecule has 0 aliphatic heterocycles. The molecular weight excluding hydrogens is 166 g/mol. The van der Waals surface area contributed by atoms with Crippen LogP contribution >= 0.6 is 0 Å². The molecule has 0 unspecified atom stereocenters. The second kappa shape index (κ2) is 2.90. The van der Waals surface area contributed by atoms with Crippen LogP contribution in [0.3, 0.4) is 0 Å². The van der Waals surface area contributed by atoms with Crippen molar-refractivity contribution in [3.63, 3.8) is 0 Å². The second-order valence-corrected chi connectivity index (χ2v) is 2.88. The molecule has 0 radical (unpaired) electrons. The van der Waals surface area contributed by atoms with Crippen molar-refractivity contribution in [1.82, 2.24) is 5.27 Å². The summed E-state index contributed by atoms with van der Waals surface area (Å²) in [4.78, 5) is 0. The molecule has 0 amide bonds. The molecule has 0 spiro atoms. The predicted octanol–water partition coefficient (Wildman–Crippen LogP) is 0.842. The molecule has 1 aromatic heterocycles. The number of aromatic nitrogens is 2. The van der Waals surface area contributed by atoms with Crippen molar-refractivity contribution in [1.29, 1.82) is 0 Å². The van der Waals surface area contributed by atoms with E-state index in [0.29, 0.717) is 5.82 Å². The van der Waals surface area contributed by atoms with Gasteiger partial charge in [0.25, 0.3) is 0 Å². The Bertz CT molecular complexity index is 422. The van der Waals surface area contributed by atoms with Gasteiger partial charge in [-0.3, -0.25) is 5.73 Å². The molecule has 4 nitrogen and oxygen atoms in total. The molecule has 1 aromatic carbocycles. The van der Waals surface area contributed by atoms with Crippen molar-refractivity contribution in [2.24, 2.45) is 0 Å². The smallest absolute Gasteiger partial charge is 0.323 e. The van der Waals surface area contributed by atoms with E-state index >= 15 is 0 Å². The third-order valence-electron chi connectivity index (χ3n) is 1.79. The van der Waals surface area contributed by atoms with Gasteiger partial charge in [-0.1, -0.05) is 16.8 Å². The Morgan fingerprint density at radius 2 is 2.31 bits per heavy atom. The predicted molar refractivity (Wildman–Crippen MR) is 47.2 cm³/mol. The molecule has 13 heavy (non-hydrogen) atoms. The standard InChI is InChI=1S/C9H10N3O/c1-7-3-2-4-8(5-7)12-9(10)6-13-11-12/h2-6H,10H2,1H3/q+1. The molecule has 2 rings (SSSR count). The van der Waals surface area contributed by atoms with Crippen LogP contribution in [0.2, 0.25) is 0 Å². The molecule has 66 valence electrons. The summed E-state index contributed by atoms with van der Waals surface area (Å²) in [7, 11) is 0. The number of nitrogens with zero attached hydrogens (tertiary/aromatic N) is 2. The number of aryl methyl sites for hydroxylation is 1. The Morgan fingerprint density at radius 1 is 1.46 bits per heavy atom. The summed E-state index contributed by atoms with van der Waals surface area (Å²) in [5.41, 5.74) is 7.70. The Morgan fingerprint density at radius 3 is 2.92 bits per heavy atom. The van der Waals surface area contributed by atoms with Crippen LogP contribution < -0.4 is 10.4 Å². The normalized spacial score (nSPS) is 10.2. The number of nitrogens with two attached hydrogens (primary N) is 1. The van der Waals surface area contributed by atoms with Crippen molar-refractivity contribution in [2.75, 3.05) is 5.73 Å². The summed E-state index contributed by atoms with van der Waals surface area (Å²) in [5, 5.41) is 3.74. The Labute approximate surface area is 75.6 Å². The van der Waals surface area contributed by atoms with Crippen LogP contribution in [0.5, 0.6) is 0 Å². The maximum atomic E-state index is 5.63. The van der Waals surface area contributed by atoms with E-state index in [-0.39, 0.29) is 0 Å². The number of anilines is 1. The van der Waals surface area contributed by atoms with Crippen molar-refractivity contribution >= 4 is 5.82 Å². The fraction of sp³-hybridized carbons (Fsp3) is 0.111. The zero-order valence-electron chi connectivity index (χ0n) is 7.27. The first kappa shape index (κ1) is 7.79. The lowest BCUT2D eigenvalue weighted by Gasteiger charge is -1.94. The van der Waals surface area contributed by atoms with Crippen LogP contribution in [0.1, 0.15) is 5.56 Å². The second-order valence-electron chi connectivity index (χ2n) is 2.88. The topological polar surface area (TPSA) is 55.9 Å². The lowest BCUT2D eigenvalue weighted by Crippen LogP contribution is -2.35. The van der Waals surface area contributed by atoms with Crippen molar-refractivity contribution in [3.05, 3.63) is 36.1 Å². The average Bonchev–Trinajstić information content (AvgIpc) is 2.51. The van der Waals surface area contributed by atoms with E-state index in [0.717, 1.165) is 11.3 Å². The Kier molecular flexibility index (Phi) is 1.73. The van der Waals surface area contributed by atoms with Gasteiger partial charge in [0, 0.05) is 0 Å². The van der Waals surface area contributed by atoms with Crippen LogP contribution in [-0.2, 0) is 0 Å². The number of nitrogen functional groups attached to an aromatic ring is 1. The fourth-order valence-electron chi connectivity index (χ4n) is 1.18. The van der Waals surface area contributed by atoms with E-state index in [1.807, 2.05) is 31.2 Å². The zero-order valence-corrected chi connectivity index (χ0v) is 7.27. The summed E-state index contributed by atoms with van der Waals surface area (Å²) in [6.45, 7) is 2.01. The van der Waals surface area contributed by atoms with E-state index in [1.165, 1.54) is 6.26 Å². The largest absolute Gasteiger partial charge is 0.339 e. The Hall–Kier alpha value is -1.84. The number of benzene rings is 1. The molecule has 2 N–H and O–H groups in total. The summed E-state index contributed by atoms with van der Waals surface area (Å²) >= 11 is 0. The molecule has 0 saturated carbocycles. The molecule has 0 saturated heterocycles. The van der Waals surface area contributed by atoms with Gasteiger partial charge < -0.3 is 4.52 Å². The minimum absolute atomic E-state index is 0.491. The molecule has 0 fully saturated rings. The first-order valence-corrected chi connectivity index (χ1v) is 3.96. The number of rotatable bonds is 1. The summed E-state index contributed by atoms with van der Waals surface area (Å²) < 4.78 is 6.28. The van der Waals surface area contributed by atoms with Crippen LogP contribution in [-0.4, -0.2) is 5.27 Å². The van der Waals surface area contributed by atoms with Gasteiger partial charge in [-0.15, -0.1) is 0 Å². The SMILES string of the molecule is Cc1cccc(-[n+]2nocc2N)c1. The molecular formula is C9H10N3O+. The minimum atomic E-state index is 0.491. The van der Waals surface area contributed by atoms with E-state index < -0.39 is 0 Å². The van der Waals surface area contributed by atoms with Gasteiger partial charge in [-0.05, 0) is 24.6 Å². The maximum absolute atomic E-state index is 5.63. The maximum Gasteiger partial charge on any atom is 0.339 e. The fourth-order valence-corrected chi connectivity index (χ4v) is 1.18. The monoisotopic (exact) mass is 176 g/mol. The van der Waals surface area contributed by atoms with Crippen LogP contribution in [0, 0.1) is 6.92 Å². The van der Waals surface area contributed by atoms with Crippen LogP contribution in [0.4, 0.5) is 5.82 Å². The van der Waals surface area contributed by atoms with Crippen LogP contribution in [0.15, 0.2) is 35.1 Å². The molecule has 0 aliphatic rings. The van der Waals surface area contributed by atoms with Gasteiger partial charge in [0.05, 0.1) is 0 Å². The lowest BCUT2D eigenvalue weighted by atomic mass is 10.2. The molecule has 0 atom stereocenters. The highest BCUT2D eigenvalue weighted by Gasteiger charge is 2.11. The lowest BCUT2D eigenvalue weighted by molar-refractivity contribution is -0.657. The zero-order chi connectivity index (χ0) is 9.26.